The number of halogens is 2. The Balaban J connectivity index is 1.55. The minimum atomic E-state index is -0.568. The average Bonchev–Trinajstić information content (AvgIpc) is 3.09. The van der Waals surface area contributed by atoms with Crippen molar-refractivity contribution in [3.63, 3.8) is 0 Å². The maximum absolute atomic E-state index is 13.2. The number of nitrogens with zero attached hydrogens (tertiary/aromatic N) is 2. The number of imidazole rings is 1. The third kappa shape index (κ3) is 3.74. The minimum Gasteiger partial charge on any atom is -0.381 e. The zero-order valence-electron chi connectivity index (χ0n) is 14.6. The molecular weight excluding hydrogens is 430 g/mol. The Morgan fingerprint density at radius 3 is 2.67 bits per heavy atom. The summed E-state index contributed by atoms with van der Waals surface area (Å²) in [6.07, 6.45) is 5.03. The molecule has 0 spiro atoms. The Kier molecular flexibility index (Phi) is 5.21. The first-order valence-electron chi connectivity index (χ1n) is 8.82. The van der Waals surface area contributed by atoms with Crippen LogP contribution in [0, 0.1) is 0 Å². The second-order valence-electron chi connectivity index (χ2n) is 6.73. The van der Waals surface area contributed by atoms with Crippen molar-refractivity contribution in [1.82, 2.24) is 14.7 Å². The van der Waals surface area contributed by atoms with Gasteiger partial charge in [-0.05, 0) is 42.7 Å². The molecule has 5 nitrogen and oxygen atoms in total. The Morgan fingerprint density at radius 2 is 1.93 bits per heavy atom. The number of hydrogen-bond donors (Lipinski definition) is 1. The Labute approximate surface area is 170 Å². The lowest BCUT2D eigenvalue weighted by Gasteiger charge is -2.36. The smallest absolute Gasteiger partial charge is 0.231 e. The summed E-state index contributed by atoms with van der Waals surface area (Å²) in [6, 6.07) is 11.6. The molecule has 0 atom stereocenters. The summed E-state index contributed by atoms with van der Waals surface area (Å²) >= 11 is 9.48. The normalized spacial score (nSPS) is 16.4. The molecule has 1 aromatic carbocycles. The predicted molar refractivity (Wildman–Crippen MR) is 108 cm³/mol. The minimum absolute atomic E-state index is 0.0169. The number of carbonyl (C=O) groups is 1. The molecule has 1 aliphatic rings. The summed E-state index contributed by atoms with van der Waals surface area (Å²) in [4.78, 5) is 17.8. The van der Waals surface area contributed by atoms with Crippen LogP contribution in [0.25, 0.3) is 5.65 Å². The van der Waals surface area contributed by atoms with E-state index in [0.29, 0.717) is 37.6 Å². The second kappa shape index (κ2) is 7.62. The molecule has 140 valence electrons. The van der Waals surface area contributed by atoms with Crippen LogP contribution in [0.5, 0.6) is 0 Å². The quantitative estimate of drug-likeness (QED) is 0.653. The van der Waals surface area contributed by atoms with Crippen LogP contribution in [0.2, 0.25) is 5.02 Å². The molecule has 0 aliphatic carbocycles. The third-order valence-electron chi connectivity index (χ3n) is 5.07. The molecule has 2 aromatic heterocycles. The van der Waals surface area contributed by atoms with Gasteiger partial charge in [-0.1, -0.05) is 39.7 Å². The van der Waals surface area contributed by atoms with E-state index in [1.54, 1.807) is 12.3 Å². The van der Waals surface area contributed by atoms with Crippen LogP contribution < -0.4 is 5.32 Å². The van der Waals surface area contributed by atoms with Crippen molar-refractivity contribution >= 4 is 39.1 Å². The summed E-state index contributed by atoms with van der Waals surface area (Å²) in [5.41, 5.74) is 2.05. The number of rotatable bonds is 4. The van der Waals surface area contributed by atoms with Gasteiger partial charge in [0.25, 0.3) is 0 Å². The van der Waals surface area contributed by atoms with Crippen LogP contribution in [0.4, 0.5) is 0 Å². The molecule has 1 N–H and O–H groups in total. The van der Waals surface area contributed by atoms with E-state index >= 15 is 0 Å². The van der Waals surface area contributed by atoms with E-state index in [1.807, 2.05) is 40.9 Å². The lowest BCUT2D eigenvalue weighted by Crippen LogP contribution is -2.47. The maximum atomic E-state index is 13.2. The zero-order chi connectivity index (χ0) is 18.9. The second-order valence-corrected chi connectivity index (χ2v) is 8.08. The largest absolute Gasteiger partial charge is 0.381 e. The Bertz CT molecular complexity index is 965. The van der Waals surface area contributed by atoms with Gasteiger partial charge in [0.15, 0.2) is 0 Å². The summed E-state index contributed by atoms with van der Waals surface area (Å²) in [7, 11) is 0. The fourth-order valence-corrected chi connectivity index (χ4v) is 4.01. The highest BCUT2D eigenvalue weighted by molar-refractivity contribution is 9.10. The first kappa shape index (κ1) is 18.5. The van der Waals surface area contributed by atoms with Gasteiger partial charge in [0.05, 0.1) is 22.7 Å². The van der Waals surface area contributed by atoms with Gasteiger partial charge < -0.3 is 14.5 Å². The van der Waals surface area contributed by atoms with Crippen LogP contribution in [0.1, 0.15) is 24.1 Å². The fourth-order valence-electron chi connectivity index (χ4n) is 3.58. The van der Waals surface area contributed by atoms with Crippen LogP contribution in [-0.2, 0) is 21.5 Å². The van der Waals surface area contributed by atoms with Gasteiger partial charge in [-0.2, -0.15) is 0 Å². The highest BCUT2D eigenvalue weighted by atomic mass is 79.9. The topological polar surface area (TPSA) is 55.6 Å². The van der Waals surface area contributed by atoms with E-state index in [0.717, 1.165) is 21.4 Å². The molecule has 3 heterocycles. The zero-order valence-corrected chi connectivity index (χ0v) is 17.0. The lowest BCUT2D eigenvalue weighted by atomic mass is 9.73. The van der Waals surface area contributed by atoms with Gasteiger partial charge in [0.2, 0.25) is 5.91 Å². The molecule has 0 bridgehead atoms. The number of ether oxygens (including phenoxy) is 1. The molecule has 27 heavy (non-hydrogen) atoms. The van der Waals surface area contributed by atoms with Crippen LogP contribution in [0.3, 0.4) is 0 Å². The van der Waals surface area contributed by atoms with Gasteiger partial charge in [-0.15, -0.1) is 0 Å². The first-order chi connectivity index (χ1) is 13.1. The van der Waals surface area contributed by atoms with Gasteiger partial charge in [0.1, 0.15) is 5.65 Å². The maximum Gasteiger partial charge on any atom is 0.231 e. The number of nitrogens with one attached hydrogen (secondary N) is 1. The highest BCUT2D eigenvalue weighted by Gasteiger charge is 2.41. The molecule has 0 unspecified atom stereocenters. The number of amides is 1. The number of aromatic nitrogens is 2. The van der Waals surface area contributed by atoms with Gasteiger partial charge in [-0.3, -0.25) is 4.79 Å². The van der Waals surface area contributed by atoms with Crippen LogP contribution in [0.15, 0.2) is 53.3 Å². The first-order valence-corrected chi connectivity index (χ1v) is 9.99. The van der Waals surface area contributed by atoms with Crippen molar-refractivity contribution in [3.8, 4) is 0 Å². The van der Waals surface area contributed by atoms with E-state index in [4.69, 9.17) is 16.3 Å². The predicted octanol–water partition coefficient (Wildman–Crippen LogP) is 4.11. The summed E-state index contributed by atoms with van der Waals surface area (Å²) in [5, 5.41) is 3.73. The standard InChI is InChI=1S/C20H19BrClN3O2/c21-15-3-1-14(2-4-15)20(7-9-27-10-8-20)19(26)23-11-17-13-25-12-16(22)5-6-18(25)24-17/h1-6,12-13H,7-11H2,(H,23,26). The van der Waals surface area contributed by atoms with E-state index in [2.05, 4.69) is 26.2 Å². The summed E-state index contributed by atoms with van der Waals surface area (Å²) in [6.45, 7) is 1.53. The van der Waals surface area contributed by atoms with E-state index in [-0.39, 0.29) is 5.91 Å². The number of hydrogen-bond acceptors (Lipinski definition) is 3. The van der Waals surface area contributed by atoms with Gasteiger partial charge in [0, 0.05) is 30.1 Å². The van der Waals surface area contributed by atoms with E-state index in [9.17, 15) is 4.79 Å². The van der Waals surface area contributed by atoms with Crippen molar-refractivity contribution in [3.05, 3.63) is 69.5 Å². The fraction of sp³-hybridized carbons (Fsp3) is 0.300. The molecule has 1 amide bonds. The number of carbonyl (C=O) groups excluding carboxylic acids is 1. The molecule has 1 saturated heterocycles. The monoisotopic (exact) mass is 447 g/mol. The van der Waals surface area contributed by atoms with Crippen molar-refractivity contribution < 1.29 is 9.53 Å². The molecular formula is C20H19BrClN3O2. The molecule has 0 radical (unpaired) electrons. The summed E-state index contributed by atoms with van der Waals surface area (Å²) in [5.74, 6) is 0.0169. The average molecular weight is 449 g/mol. The van der Waals surface area contributed by atoms with Crippen molar-refractivity contribution in [2.24, 2.45) is 0 Å². The third-order valence-corrected chi connectivity index (χ3v) is 5.82. The van der Waals surface area contributed by atoms with Crippen molar-refractivity contribution in [2.45, 2.75) is 24.8 Å². The van der Waals surface area contributed by atoms with Crippen molar-refractivity contribution in [2.75, 3.05) is 13.2 Å². The van der Waals surface area contributed by atoms with Crippen LogP contribution >= 0.6 is 27.5 Å². The molecule has 4 rings (SSSR count). The summed E-state index contributed by atoms with van der Waals surface area (Å²) < 4.78 is 8.38. The lowest BCUT2D eigenvalue weighted by molar-refractivity contribution is -0.130. The molecule has 3 aromatic rings. The number of benzene rings is 1. The Hall–Kier alpha value is -1.89. The molecule has 1 aliphatic heterocycles. The highest BCUT2D eigenvalue weighted by Crippen LogP contribution is 2.36. The number of fused-ring (bicyclic) bond motifs is 1. The molecule has 7 heteroatoms. The van der Waals surface area contributed by atoms with Crippen molar-refractivity contribution in [1.29, 1.82) is 0 Å². The molecule has 1 fully saturated rings. The van der Waals surface area contributed by atoms with E-state index < -0.39 is 5.41 Å². The number of pyridine rings is 1. The molecule has 0 saturated carbocycles. The Morgan fingerprint density at radius 1 is 1.19 bits per heavy atom. The SMILES string of the molecule is O=C(NCc1cn2cc(Cl)ccc2n1)C1(c2ccc(Br)cc2)CCOCC1. The van der Waals surface area contributed by atoms with Gasteiger partial charge >= 0.3 is 0 Å². The van der Waals surface area contributed by atoms with E-state index in [1.165, 1.54) is 0 Å². The van der Waals surface area contributed by atoms with Crippen LogP contribution in [-0.4, -0.2) is 28.5 Å². The van der Waals surface area contributed by atoms with Gasteiger partial charge in [-0.25, -0.2) is 4.98 Å².